The summed E-state index contributed by atoms with van der Waals surface area (Å²) >= 11 is 6.13. The third kappa shape index (κ3) is 2.87. The van der Waals surface area contributed by atoms with Gasteiger partial charge in [-0.15, -0.1) is 0 Å². The molecule has 0 fully saturated rings. The first-order valence-electron chi connectivity index (χ1n) is 5.76. The van der Waals surface area contributed by atoms with E-state index >= 15 is 0 Å². The first kappa shape index (κ1) is 12.2. The molecule has 0 aliphatic rings. The third-order valence-corrected chi connectivity index (χ3v) is 3.30. The molecule has 0 unspecified atom stereocenters. The largest absolute Gasteiger partial charge is 0.330 e. The molecule has 2 N–H and O–H groups in total. The molecular formula is C15H16ClN. The summed E-state index contributed by atoms with van der Waals surface area (Å²) in [5.41, 5.74) is 10.2. The first-order chi connectivity index (χ1) is 8.20. The summed E-state index contributed by atoms with van der Waals surface area (Å²) in [4.78, 5) is 0. The number of benzene rings is 2. The van der Waals surface area contributed by atoms with Gasteiger partial charge in [-0.3, -0.25) is 0 Å². The molecule has 2 heteroatoms. The molecule has 1 nitrogen and oxygen atoms in total. The van der Waals surface area contributed by atoms with Crippen molar-refractivity contribution in [3.63, 3.8) is 0 Å². The smallest absolute Gasteiger partial charge is 0.0441 e. The summed E-state index contributed by atoms with van der Waals surface area (Å²) < 4.78 is 0. The molecule has 0 aromatic heterocycles. The molecule has 88 valence electrons. The van der Waals surface area contributed by atoms with E-state index in [1.165, 1.54) is 11.1 Å². The van der Waals surface area contributed by atoms with E-state index in [4.69, 9.17) is 17.3 Å². The van der Waals surface area contributed by atoms with Gasteiger partial charge < -0.3 is 5.73 Å². The van der Waals surface area contributed by atoms with Gasteiger partial charge in [-0.2, -0.15) is 0 Å². The van der Waals surface area contributed by atoms with Gasteiger partial charge in [-0.1, -0.05) is 48.0 Å². The molecule has 2 aromatic rings. The number of hydrogen-bond acceptors (Lipinski definition) is 1. The van der Waals surface area contributed by atoms with Crippen molar-refractivity contribution in [1.29, 1.82) is 0 Å². The molecule has 17 heavy (non-hydrogen) atoms. The number of aryl methyl sites for hydroxylation is 1. The maximum atomic E-state index is 6.13. The molecule has 0 spiro atoms. The van der Waals surface area contributed by atoms with Crippen LogP contribution in [0.1, 0.15) is 11.1 Å². The lowest BCUT2D eigenvalue weighted by atomic mass is 10.0. The summed E-state index contributed by atoms with van der Waals surface area (Å²) in [6, 6.07) is 14.6. The predicted molar refractivity (Wildman–Crippen MR) is 74.4 cm³/mol. The first-order valence-corrected chi connectivity index (χ1v) is 6.14. The maximum Gasteiger partial charge on any atom is 0.0441 e. The Morgan fingerprint density at radius 2 is 1.65 bits per heavy atom. The van der Waals surface area contributed by atoms with Gasteiger partial charge in [0, 0.05) is 5.02 Å². The minimum Gasteiger partial charge on any atom is -0.330 e. The Balaban J connectivity index is 2.30. The molecule has 0 aliphatic heterocycles. The van der Waals surface area contributed by atoms with Crippen molar-refractivity contribution in [2.45, 2.75) is 13.3 Å². The van der Waals surface area contributed by atoms with Crippen LogP contribution in [0.3, 0.4) is 0 Å². The highest BCUT2D eigenvalue weighted by Gasteiger charge is 2.01. The topological polar surface area (TPSA) is 26.0 Å². The minimum atomic E-state index is 0.690. The van der Waals surface area contributed by atoms with Crippen molar-refractivity contribution in [1.82, 2.24) is 0 Å². The van der Waals surface area contributed by atoms with Crippen LogP contribution < -0.4 is 5.73 Å². The van der Waals surface area contributed by atoms with Crippen LogP contribution in [0.5, 0.6) is 0 Å². The van der Waals surface area contributed by atoms with E-state index in [0.29, 0.717) is 6.54 Å². The van der Waals surface area contributed by atoms with E-state index in [1.807, 2.05) is 19.1 Å². The molecular weight excluding hydrogens is 230 g/mol. The highest BCUT2D eigenvalue weighted by Crippen LogP contribution is 2.25. The van der Waals surface area contributed by atoms with Crippen LogP contribution in [0.2, 0.25) is 5.02 Å². The van der Waals surface area contributed by atoms with Gasteiger partial charge in [0.15, 0.2) is 0 Å². The summed E-state index contributed by atoms with van der Waals surface area (Å²) in [5.74, 6) is 0. The van der Waals surface area contributed by atoms with Crippen molar-refractivity contribution in [2.75, 3.05) is 6.54 Å². The normalized spacial score (nSPS) is 10.5. The van der Waals surface area contributed by atoms with Crippen LogP contribution in [-0.2, 0) is 6.42 Å². The Kier molecular flexibility index (Phi) is 3.82. The molecule has 0 aliphatic carbocycles. The Morgan fingerprint density at radius 1 is 1.00 bits per heavy atom. The zero-order valence-electron chi connectivity index (χ0n) is 9.91. The lowest BCUT2D eigenvalue weighted by Crippen LogP contribution is -2.02. The van der Waals surface area contributed by atoms with E-state index in [-0.39, 0.29) is 0 Å². The second-order valence-electron chi connectivity index (χ2n) is 4.20. The van der Waals surface area contributed by atoms with E-state index < -0.39 is 0 Å². The fraction of sp³-hybridized carbons (Fsp3) is 0.200. The SMILES string of the molecule is Cc1ccc(-c2ccc(CCN)cc2)cc1Cl. The Morgan fingerprint density at radius 3 is 2.24 bits per heavy atom. The number of rotatable bonds is 3. The van der Waals surface area contributed by atoms with Gasteiger partial charge in [0.1, 0.15) is 0 Å². The standard InChI is InChI=1S/C15H16ClN/c1-11-2-5-14(10-15(11)16)13-6-3-12(4-7-13)8-9-17/h2-7,10H,8-9,17H2,1H3. The Bertz CT molecular complexity index is 503. The molecule has 2 rings (SSSR count). The Hall–Kier alpha value is -1.31. The monoisotopic (exact) mass is 245 g/mol. The molecule has 0 saturated heterocycles. The van der Waals surface area contributed by atoms with E-state index in [1.54, 1.807) is 0 Å². The van der Waals surface area contributed by atoms with Crippen LogP contribution in [0.25, 0.3) is 11.1 Å². The average molecular weight is 246 g/mol. The van der Waals surface area contributed by atoms with Gasteiger partial charge in [0.2, 0.25) is 0 Å². The minimum absolute atomic E-state index is 0.690. The molecule has 2 aromatic carbocycles. The summed E-state index contributed by atoms with van der Waals surface area (Å²) in [6.45, 7) is 2.70. The second-order valence-corrected chi connectivity index (χ2v) is 4.61. The van der Waals surface area contributed by atoms with Crippen LogP contribution in [-0.4, -0.2) is 6.54 Å². The average Bonchev–Trinajstić information content (AvgIpc) is 2.34. The molecule has 0 bridgehead atoms. The zero-order chi connectivity index (χ0) is 12.3. The summed E-state index contributed by atoms with van der Waals surface area (Å²) in [5, 5.41) is 0.813. The molecule has 0 heterocycles. The van der Waals surface area contributed by atoms with Gasteiger partial charge in [0.25, 0.3) is 0 Å². The lowest BCUT2D eigenvalue weighted by Gasteiger charge is -2.05. The van der Waals surface area contributed by atoms with E-state index in [9.17, 15) is 0 Å². The van der Waals surface area contributed by atoms with Gasteiger partial charge >= 0.3 is 0 Å². The quantitative estimate of drug-likeness (QED) is 0.874. The van der Waals surface area contributed by atoms with Crippen molar-refractivity contribution in [3.05, 3.63) is 58.6 Å². The van der Waals surface area contributed by atoms with Crippen molar-refractivity contribution >= 4 is 11.6 Å². The van der Waals surface area contributed by atoms with Gasteiger partial charge in [0.05, 0.1) is 0 Å². The van der Waals surface area contributed by atoms with E-state index in [2.05, 4.69) is 30.3 Å². The molecule has 0 radical (unpaired) electrons. The van der Waals surface area contributed by atoms with Gasteiger partial charge in [-0.05, 0) is 48.2 Å². The van der Waals surface area contributed by atoms with Gasteiger partial charge in [-0.25, -0.2) is 0 Å². The second kappa shape index (κ2) is 5.35. The number of hydrogen-bond donors (Lipinski definition) is 1. The summed E-state index contributed by atoms with van der Waals surface area (Å²) in [6.07, 6.45) is 0.926. The van der Waals surface area contributed by atoms with Crippen molar-refractivity contribution < 1.29 is 0 Å². The number of nitrogens with two attached hydrogens (primary N) is 1. The van der Waals surface area contributed by atoms with Crippen LogP contribution in [0.15, 0.2) is 42.5 Å². The maximum absolute atomic E-state index is 6.13. The van der Waals surface area contributed by atoms with E-state index in [0.717, 1.165) is 22.6 Å². The highest BCUT2D eigenvalue weighted by atomic mass is 35.5. The van der Waals surface area contributed by atoms with Crippen LogP contribution >= 0.6 is 11.6 Å². The van der Waals surface area contributed by atoms with Crippen molar-refractivity contribution in [2.24, 2.45) is 5.73 Å². The fourth-order valence-corrected chi connectivity index (χ4v) is 1.98. The molecule has 0 atom stereocenters. The molecule has 0 amide bonds. The summed E-state index contributed by atoms with van der Waals surface area (Å²) in [7, 11) is 0. The Labute approximate surface area is 107 Å². The van der Waals surface area contributed by atoms with Crippen LogP contribution in [0.4, 0.5) is 0 Å². The third-order valence-electron chi connectivity index (χ3n) is 2.89. The fourth-order valence-electron chi connectivity index (χ4n) is 1.80. The van der Waals surface area contributed by atoms with Crippen molar-refractivity contribution in [3.8, 4) is 11.1 Å². The highest BCUT2D eigenvalue weighted by molar-refractivity contribution is 6.31. The predicted octanol–water partition coefficient (Wildman–Crippen LogP) is 3.82. The van der Waals surface area contributed by atoms with Crippen LogP contribution in [0, 0.1) is 6.92 Å². The lowest BCUT2D eigenvalue weighted by molar-refractivity contribution is 0.969. The number of halogens is 1. The molecule has 0 saturated carbocycles. The zero-order valence-corrected chi connectivity index (χ0v) is 10.7.